The van der Waals surface area contributed by atoms with Gasteiger partial charge in [0.2, 0.25) is 0 Å². The topological polar surface area (TPSA) is 79.8 Å². The molecule has 2 rings (SSSR count). The highest BCUT2D eigenvalue weighted by Crippen LogP contribution is 2.17. The van der Waals surface area contributed by atoms with E-state index in [-0.39, 0.29) is 0 Å². The third-order valence-corrected chi connectivity index (χ3v) is 5.46. The SMILES string of the molecule is CN=C(NCCc1ccccc1OC)NCc1ccc(S(C)(=O)=O)c(C)c1. The molecule has 0 aliphatic heterocycles. The summed E-state index contributed by atoms with van der Waals surface area (Å²) in [6, 6.07) is 13.3. The van der Waals surface area contributed by atoms with Crippen LogP contribution in [0.4, 0.5) is 0 Å². The highest BCUT2D eigenvalue weighted by molar-refractivity contribution is 7.90. The lowest BCUT2D eigenvalue weighted by Crippen LogP contribution is -2.37. The molecule has 2 aromatic carbocycles. The number of ether oxygens (including phenoxy) is 1. The fourth-order valence-corrected chi connectivity index (χ4v) is 3.83. The average Bonchev–Trinajstić information content (AvgIpc) is 2.63. The fourth-order valence-electron chi connectivity index (χ4n) is 2.87. The van der Waals surface area contributed by atoms with Crippen LogP contribution in [0.5, 0.6) is 5.75 Å². The molecule has 0 aliphatic carbocycles. The number of hydrogen-bond acceptors (Lipinski definition) is 4. The summed E-state index contributed by atoms with van der Waals surface area (Å²) >= 11 is 0. The summed E-state index contributed by atoms with van der Waals surface area (Å²) in [4.78, 5) is 4.59. The summed E-state index contributed by atoms with van der Waals surface area (Å²) in [7, 11) is 0.192. The third-order valence-electron chi connectivity index (χ3n) is 4.20. The van der Waals surface area contributed by atoms with E-state index in [1.807, 2.05) is 36.4 Å². The van der Waals surface area contributed by atoms with Gasteiger partial charge in [0.1, 0.15) is 5.75 Å². The predicted molar refractivity (Wildman–Crippen MR) is 109 cm³/mol. The molecule has 2 N–H and O–H groups in total. The van der Waals surface area contributed by atoms with Gasteiger partial charge in [-0.2, -0.15) is 0 Å². The molecular formula is C20H27N3O3S. The molecule has 0 heterocycles. The van der Waals surface area contributed by atoms with Gasteiger partial charge in [-0.25, -0.2) is 8.42 Å². The largest absolute Gasteiger partial charge is 0.496 e. The summed E-state index contributed by atoms with van der Waals surface area (Å²) < 4.78 is 28.8. The van der Waals surface area contributed by atoms with Crippen LogP contribution in [0.3, 0.4) is 0 Å². The standard InChI is InChI=1S/C20H27N3O3S/c1-15-13-16(9-10-19(15)27(4,24)25)14-23-20(21-2)22-12-11-17-7-5-6-8-18(17)26-3/h5-10,13H,11-12,14H2,1-4H3,(H2,21,22,23). The van der Waals surface area contributed by atoms with Gasteiger partial charge in [-0.3, -0.25) is 4.99 Å². The summed E-state index contributed by atoms with van der Waals surface area (Å²) in [6.45, 7) is 3.07. The Balaban J connectivity index is 1.90. The van der Waals surface area contributed by atoms with Crippen molar-refractivity contribution in [3.05, 3.63) is 59.2 Å². The van der Waals surface area contributed by atoms with E-state index in [9.17, 15) is 8.42 Å². The van der Waals surface area contributed by atoms with Crippen LogP contribution >= 0.6 is 0 Å². The molecule has 0 unspecified atom stereocenters. The summed E-state index contributed by atoms with van der Waals surface area (Å²) in [6.07, 6.45) is 2.04. The Labute approximate surface area is 161 Å². The summed E-state index contributed by atoms with van der Waals surface area (Å²) in [5.74, 6) is 1.57. The van der Waals surface area contributed by atoms with Crippen LogP contribution in [0.1, 0.15) is 16.7 Å². The number of hydrogen-bond donors (Lipinski definition) is 2. The Kier molecular flexibility index (Phi) is 7.24. The van der Waals surface area contributed by atoms with Crippen LogP contribution in [0.15, 0.2) is 52.4 Å². The van der Waals surface area contributed by atoms with Crippen molar-refractivity contribution in [1.82, 2.24) is 10.6 Å². The van der Waals surface area contributed by atoms with Crippen LogP contribution in [0, 0.1) is 6.92 Å². The molecule has 0 fully saturated rings. The number of nitrogens with one attached hydrogen (secondary N) is 2. The molecule has 27 heavy (non-hydrogen) atoms. The lowest BCUT2D eigenvalue weighted by atomic mass is 10.1. The van der Waals surface area contributed by atoms with Crippen molar-refractivity contribution in [3.63, 3.8) is 0 Å². The second-order valence-corrected chi connectivity index (χ2v) is 8.27. The van der Waals surface area contributed by atoms with Gasteiger partial charge in [0.25, 0.3) is 0 Å². The molecule has 0 saturated heterocycles. The molecule has 0 atom stereocenters. The van der Waals surface area contributed by atoms with Gasteiger partial charge >= 0.3 is 0 Å². The minimum absolute atomic E-state index is 0.366. The van der Waals surface area contributed by atoms with Crippen molar-refractivity contribution in [2.24, 2.45) is 4.99 Å². The minimum Gasteiger partial charge on any atom is -0.496 e. The molecule has 0 radical (unpaired) electrons. The number of nitrogens with zero attached hydrogens (tertiary/aromatic N) is 1. The molecule has 0 amide bonds. The number of benzene rings is 2. The Morgan fingerprint density at radius 2 is 1.89 bits per heavy atom. The monoisotopic (exact) mass is 389 g/mol. The average molecular weight is 390 g/mol. The summed E-state index contributed by atoms with van der Waals surface area (Å²) in [5, 5.41) is 6.52. The lowest BCUT2D eigenvalue weighted by Gasteiger charge is -2.14. The van der Waals surface area contributed by atoms with E-state index in [4.69, 9.17) is 4.74 Å². The molecule has 0 aliphatic rings. The lowest BCUT2D eigenvalue weighted by molar-refractivity contribution is 0.409. The second kappa shape index (κ2) is 9.41. The van der Waals surface area contributed by atoms with Crippen molar-refractivity contribution in [3.8, 4) is 5.75 Å². The molecule has 146 valence electrons. The molecule has 2 aromatic rings. The molecule has 0 aromatic heterocycles. The molecule has 0 saturated carbocycles. The fraction of sp³-hybridized carbons (Fsp3) is 0.350. The Morgan fingerprint density at radius 3 is 2.52 bits per heavy atom. The van der Waals surface area contributed by atoms with Gasteiger partial charge in [0.15, 0.2) is 15.8 Å². The van der Waals surface area contributed by atoms with Crippen molar-refractivity contribution < 1.29 is 13.2 Å². The Morgan fingerprint density at radius 1 is 1.15 bits per heavy atom. The van der Waals surface area contributed by atoms with E-state index in [0.717, 1.165) is 28.9 Å². The quantitative estimate of drug-likeness (QED) is 0.561. The highest BCUT2D eigenvalue weighted by atomic mass is 32.2. The van der Waals surface area contributed by atoms with E-state index in [1.165, 1.54) is 6.26 Å². The molecular weight excluding hydrogens is 362 g/mol. The van der Waals surface area contributed by atoms with Crippen molar-refractivity contribution in [2.75, 3.05) is 27.0 Å². The Bertz CT molecular complexity index is 908. The number of para-hydroxylation sites is 1. The number of aliphatic imine (C=N–C) groups is 1. The molecule has 6 nitrogen and oxygen atoms in total. The maximum Gasteiger partial charge on any atom is 0.191 e. The van der Waals surface area contributed by atoms with Gasteiger partial charge in [0, 0.05) is 26.4 Å². The first-order valence-corrected chi connectivity index (χ1v) is 10.6. The Hall–Kier alpha value is -2.54. The van der Waals surface area contributed by atoms with E-state index in [1.54, 1.807) is 27.1 Å². The number of aryl methyl sites for hydroxylation is 1. The number of rotatable bonds is 7. The smallest absolute Gasteiger partial charge is 0.191 e. The van der Waals surface area contributed by atoms with Crippen molar-refractivity contribution >= 4 is 15.8 Å². The minimum atomic E-state index is -3.20. The van der Waals surface area contributed by atoms with E-state index < -0.39 is 9.84 Å². The first kappa shape index (κ1) is 20.8. The maximum atomic E-state index is 11.7. The van der Waals surface area contributed by atoms with Gasteiger partial charge in [-0.05, 0) is 42.2 Å². The van der Waals surface area contributed by atoms with Crippen LogP contribution in [-0.2, 0) is 22.8 Å². The van der Waals surface area contributed by atoms with Crippen LogP contribution < -0.4 is 15.4 Å². The zero-order chi connectivity index (χ0) is 19.9. The highest BCUT2D eigenvalue weighted by Gasteiger charge is 2.11. The molecule has 0 spiro atoms. The van der Waals surface area contributed by atoms with Crippen molar-refractivity contribution in [1.29, 1.82) is 0 Å². The molecule has 0 bridgehead atoms. The number of guanidine groups is 1. The maximum absolute atomic E-state index is 11.7. The third kappa shape index (κ3) is 5.99. The van der Waals surface area contributed by atoms with Gasteiger partial charge < -0.3 is 15.4 Å². The normalized spacial score (nSPS) is 11.9. The first-order chi connectivity index (χ1) is 12.8. The second-order valence-electron chi connectivity index (χ2n) is 6.29. The molecule has 7 heteroatoms. The summed E-state index contributed by atoms with van der Waals surface area (Å²) in [5.41, 5.74) is 2.87. The van der Waals surface area contributed by atoms with Crippen LogP contribution in [0.2, 0.25) is 0 Å². The zero-order valence-electron chi connectivity index (χ0n) is 16.2. The van der Waals surface area contributed by atoms with Crippen LogP contribution in [0.25, 0.3) is 0 Å². The van der Waals surface area contributed by atoms with Gasteiger partial charge in [-0.1, -0.05) is 30.3 Å². The van der Waals surface area contributed by atoms with Gasteiger partial charge in [0.05, 0.1) is 12.0 Å². The van der Waals surface area contributed by atoms with E-state index >= 15 is 0 Å². The van der Waals surface area contributed by atoms with E-state index in [2.05, 4.69) is 15.6 Å². The predicted octanol–water partition coefficient (Wildman–Crippen LogP) is 2.31. The first-order valence-electron chi connectivity index (χ1n) is 8.71. The van der Waals surface area contributed by atoms with Crippen molar-refractivity contribution in [2.45, 2.75) is 24.8 Å². The number of sulfone groups is 1. The van der Waals surface area contributed by atoms with E-state index in [0.29, 0.717) is 23.9 Å². The number of methoxy groups -OCH3 is 1. The van der Waals surface area contributed by atoms with Crippen LogP contribution in [-0.4, -0.2) is 41.3 Å². The van der Waals surface area contributed by atoms with Gasteiger partial charge in [-0.15, -0.1) is 0 Å². The zero-order valence-corrected chi connectivity index (χ0v) is 17.1.